The minimum absolute atomic E-state index is 0.316. The Morgan fingerprint density at radius 3 is 2.62 bits per heavy atom. The van der Waals surface area contributed by atoms with Gasteiger partial charge in [-0.15, -0.1) is 5.10 Å². The molecule has 7 heteroatoms. The van der Waals surface area contributed by atoms with E-state index in [2.05, 4.69) is 15.4 Å². The molecule has 0 fully saturated rings. The van der Waals surface area contributed by atoms with Crippen molar-refractivity contribution in [1.82, 2.24) is 24.8 Å². The maximum absolute atomic E-state index is 13.0. The van der Waals surface area contributed by atoms with Gasteiger partial charge in [-0.25, -0.2) is 4.39 Å². The monoisotopic (exact) mass is 287 g/mol. The summed E-state index contributed by atoms with van der Waals surface area (Å²) in [6.45, 7) is 2.04. The Morgan fingerprint density at radius 2 is 1.95 bits per heavy atom. The molecule has 0 saturated carbocycles. The molecule has 0 spiro atoms. The van der Waals surface area contributed by atoms with Gasteiger partial charge < -0.3 is 0 Å². The summed E-state index contributed by atoms with van der Waals surface area (Å²) >= 11 is 0. The standard InChI is InChI=1S/C14H14FN5O/c1-3-4-11-12-13(19(2)17-11)14(21)20(18-16-12)10-7-5-9(15)6-8-10/h5-8H,3-4H2,1-2H3. The smallest absolute Gasteiger partial charge is 0.265 e. The molecule has 0 saturated heterocycles. The van der Waals surface area contributed by atoms with Gasteiger partial charge in [0, 0.05) is 7.05 Å². The third kappa shape index (κ3) is 2.20. The fraction of sp³-hybridized carbons (Fsp3) is 0.286. The normalized spacial score (nSPS) is 11.2. The number of rotatable bonds is 3. The van der Waals surface area contributed by atoms with Gasteiger partial charge in [-0.2, -0.15) is 9.78 Å². The molecular weight excluding hydrogens is 273 g/mol. The van der Waals surface area contributed by atoms with Crippen molar-refractivity contribution in [2.45, 2.75) is 19.8 Å². The van der Waals surface area contributed by atoms with Crippen LogP contribution in [0.5, 0.6) is 0 Å². The second kappa shape index (κ2) is 5.08. The summed E-state index contributed by atoms with van der Waals surface area (Å²) in [5.74, 6) is -0.369. The second-order valence-electron chi connectivity index (χ2n) is 4.80. The largest absolute Gasteiger partial charge is 0.300 e. The highest BCUT2D eigenvalue weighted by molar-refractivity contribution is 5.76. The predicted octanol–water partition coefficient (Wildman–Crippen LogP) is 1.61. The first-order valence-corrected chi connectivity index (χ1v) is 6.69. The van der Waals surface area contributed by atoms with Crippen LogP contribution >= 0.6 is 0 Å². The first kappa shape index (κ1) is 13.4. The van der Waals surface area contributed by atoms with Crippen LogP contribution in [0.15, 0.2) is 29.1 Å². The molecule has 0 atom stereocenters. The zero-order valence-corrected chi connectivity index (χ0v) is 11.7. The van der Waals surface area contributed by atoms with Crippen LogP contribution in [0.25, 0.3) is 16.7 Å². The summed E-state index contributed by atoms with van der Waals surface area (Å²) in [7, 11) is 1.71. The fourth-order valence-corrected chi connectivity index (χ4v) is 2.30. The molecule has 0 amide bonds. The molecule has 108 valence electrons. The molecule has 21 heavy (non-hydrogen) atoms. The van der Waals surface area contributed by atoms with Gasteiger partial charge in [-0.1, -0.05) is 18.6 Å². The van der Waals surface area contributed by atoms with Gasteiger partial charge >= 0.3 is 5.56 Å². The molecule has 3 rings (SSSR count). The van der Waals surface area contributed by atoms with Crippen molar-refractivity contribution < 1.29 is 4.39 Å². The Labute approximate surface area is 119 Å². The predicted molar refractivity (Wildman–Crippen MR) is 75.9 cm³/mol. The summed E-state index contributed by atoms with van der Waals surface area (Å²) in [6, 6.07) is 5.53. The summed E-state index contributed by atoms with van der Waals surface area (Å²) in [6.07, 6.45) is 1.65. The van der Waals surface area contributed by atoms with Gasteiger partial charge in [0.2, 0.25) is 0 Å². The van der Waals surface area contributed by atoms with E-state index < -0.39 is 0 Å². The van der Waals surface area contributed by atoms with Gasteiger partial charge in [0.15, 0.2) is 5.52 Å². The maximum atomic E-state index is 13.0. The van der Waals surface area contributed by atoms with Crippen molar-refractivity contribution >= 4 is 11.0 Å². The molecule has 0 N–H and O–H groups in total. The lowest BCUT2D eigenvalue weighted by Gasteiger charge is -2.03. The van der Waals surface area contributed by atoms with Crippen LogP contribution in [0.2, 0.25) is 0 Å². The number of fused-ring (bicyclic) bond motifs is 1. The SMILES string of the molecule is CCCc1nn(C)c2c(=O)n(-c3ccc(F)cc3)nnc12. The van der Waals surface area contributed by atoms with E-state index in [4.69, 9.17) is 0 Å². The number of benzene rings is 1. The highest BCUT2D eigenvalue weighted by Crippen LogP contribution is 2.13. The maximum Gasteiger partial charge on any atom is 0.300 e. The minimum Gasteiger partial charge on any atom is -0.265 e. The first-order valence-electron chi connectivity index (χ1n) is 6.69. The number of aryl methyl sites for hydroxylation is 2. The molecule has 0 radical (unpaired) electrons. The molecular formula is C14H14FN5O. The molecule has 0 unspecified atom stereocenters. The van der Waals surface area contributed by atoms with E-state index in [9.17, 15) is 9.18 Å². The average Bonchev–Trinajstić information content (AvgIpc) is 2.78. The number of hydrogen-bond acceptors (Lipinski definition) is 4. The lowest BCUT2D eigenvalue weighted by atomic mass is 10.2. The zero-order valence-electron chi connectivity index (χ0n) is 11.7. The summed E-state index contributed by atoms with van der Waals surface area (Å²) < 4.78 is 15.6. The van der Waals surface area contributed by atoms with Crippen molar-refractivity contribution in [1.29, 1.82) is 0 Å². The summed E-state index contributed by atoms with van der Waals surface area (Å²) in [5.41, 5.74) is 1.85. The van der Waals surface area contributed by atoms with Gasteiger partial charge in [0.05, 0.1) is 11.4 Å². The number of aromatic nitrogens is 5. The Morgan fingerprint density at radius 1 is 1.24 bits per heavy atom. The van der Waals surface area contributed by atoms with E-state index in [1.807, 2.05) is 6.92 Å². The highest BCUT2D eigenvalue weighted by Gasteiger charge is 2.16. The molecule has 3 aromatic rings. The van der Waals surface area contributed by atoms with Crippen LogP contribution in [-0.4, -0.2) is 24.8 Å². The molecule has 2 aromatic heterocycles. The van der Waals surface area contributed by atoms with Gasteiger partial charge in [-0.05, 0) is 30.7 Å². The summed E-state index contributed by atoms with van der Waals surface area (Å²) in [4.78, 5) is 12.6. The van der Waals surface area contributed by atoms with E-state index in [1.165, 1.54) is 28.9 Å². The molecule has 0 aliphatic carbocycles. The third-order valence-corrected chi connectivity index (χ3v) is 3.28. The first-order chi connectivity index (χ1) is 10.1. The van der Waals surface area contributed by atoms with Crippen molar-refractivity contribution in [3.8, 4) is 5.69 Å². The van der Waals surface area contributed by atoms with Crippen molar-refractivity contribution in [3.05, 3.63) is 46.1 Å². The highest BCUT2D eigenvalue weighted by atomic mass is 19.1. The Hall–Kier alpha value is -2.57. The number of nitrogens with zero attached hydrogens (tertiary/aromatic N) is 5. The second-order valence-corrected chi connectivity index (χ2v) is 4.80. The number of halogens is 1. The van der Waals surface area contributed by atoms with Crippen LogP contribution in [-0.2, 0) is 13.5 Å². The van der Waals surface area contributed by atoms with E-state index in [1.54, 1.807) is 7.05 Å². The van der Waals surface area contributed by atoms with Crippen molar-refractivity contribution in [2.24, 2.45) is 7.05 Å². The minimum atomic E-state index is -0.369. The lowest BCUT2D eigenvalue weighted by Crippen LogP contribution is -2.24. The lowest BCUT2D eigenvalue weighted by molar-refractivity contribution is 0.626. The topological polar surface area (TPSA) is 65.6 Å². The van der Waals surface area contributed by atoms with Crippen molar-refractivity contribution in [2.75, 3.05) is 0 Å². The third-order valence-electron chi connectivity index (χ3n) is 3.28. The Balaban J connectivity index is 2.23. The van der Waals surface area contributed by atoms with Crippen LogP contribution in [0, 0.1) is 5.82 Å². The molecule has 6 nitrogen and oxygen atoms in total. The molecule has 0 aliphatic heterocycles. The molecule has 2 heterocycles. The quantitative estimate of drug-likeness (QED) is 0.734. The van der Waals surface area contributed by atoms with Crippen LogP contribution in [0.4, 0.5) is 4.39 Å². The van der Waals surface area contributed by atoms with E-state index in [-0.39, 0.29) is 11.4 Å². The van der Waals surface area contributed by atoms with Gasteiger partial charge in [-0.3, -0.25) is 9.48 Å². The van der Waals surface area contributed by atoms with Crippen LogP contribution < -0.4 is 5.56 Å². The van der Waals surface area contributed by atoms with Crippen LogP contribution in [0.3, 0.4) is 0 Å². The number of hydrogen-bond donors (Lipinski definition) is 0. The van der Waals surface area contributed by atoms with E-state index >= 15 is 0 Å². The van der Waals surface area contributed by atoms with Gasteiger partial charge in [0.25, 0.3) is 0 Å². The molecule has 1 aromatic carbocycles. The fourth-order valence-electron chi connectivity index (χ4n) is 2.30. The summed E-state index contributed by atoms with van der Waals surface area (Å²) in [5, 5.41) is 12.4. The van der Waals surface area contributed by atoms with Gasteiger partial charge in [0.1, 0.15) is 11.3 Å². The Bertz CT molecular complexity index is 850. The average molecular weight is 287 g/mol. The zero-order chi connectivity index (χ0) is 15.0. The molecule has 0 bridgehead atoms. The Kier molecular flexibility index (Phi) is 3.25. The van der Waals surface area contributed by atoms with Crippen LogP contribution in [0.1, 0.15) is 19.0 Å². The molecule has 0 aliphatic rings. The van der Waals surface area contributed by atoms with E-state index in [0.29, 0.717) is 16.7 Å². The van der Waals surface area contributed by atoms with E-state index in [0.717, 1.165) is 23.2 Å². The van der Waals surface area contributed by atoms with Crippen molar-refractivity contribution in [3.63, 3.8) is 0 Å².